The Hall–Kier alpha value is -2.94. The first kappa shape index (κ1) is 14.3. The van der Waals surface area contributed by atoms with Crippen LogP contribution in [-0.2, 0) is 0 Å². The highest BCUT2D eigenvalue weighted by Crippen LogP contribution is 2.58. The van der Waals surface area contributed by atoms with Crippen molar-refractivity contribution in [3.05, 3.63) is 95.1 Å². The Morgan fingerprint density at radius 1 is 0.769 bits per heavy atom. The van der Waals surface area contributed by atoms with Crippen LogP contribution in [0.25, 0.3) is 33.0 Å². The fourth-order valence-electron chi connectivity index (χ4n) is 4.80. The Morgan fingerprint density at radius 2 is 1.58 bits per heavy atom. The van der Waals surface area contributed by atoms with Crippen LogP contribution in [-0.4, -0.2) is 16.3 Å². The molecule has 2 atom stereocenters. The molecule has 6 rings (SSSR count). The molecule has 124 valence electrons. The van der Waals surface area contributed by atoms with Gasteiger partial charge in [-0.1, -0.05) is 66.8 Å². The van der Waals surface area contributed by atoms with Crippen molar-refractivity contribution in [3.63, 3.8) is 0 Å². The molecule has 3 aliphatic carbocycles. The van der Waals surface area contributed by atoms with Crippen molar-refractivity contribution in [2.24, 2.45) is 0 Å². The monoisotopic (exact) mass is 336 g/mol. The molecule has 0 heterocycles. The number of aliphatic hydroxyl groups is 2. The molecule has 3 aromatic carbocycles. The minimum Gasteiger partial charge on any atom is -0.384 e. The van der Waals surface area contributed by atoms with Gasteiger partial charge in [0.1, 0.15) is 6.10 Å². The molecule has 26 heavy (non-hydrogen) atoms. The van der Waals surface area contributed by atoms with Crippen LogP contribution in [0.15, 0.2) is 78.4 Å². The summed E-state index contributed by atoms with van der Waals surface area (Å²) in [6, 6.07) is 18.6. The predicted octanol–water partition coefficient (Wildman–Crippen LogP) is 4.64. The lowest BCUT2D eigenvalue weighted by atomic mass is 9.79. The van der Waals surface area contributed by atoms with Crippen LogP contribution >= 0.6 is 0 Å². The van der Waals surface area contributed by atoms with E-state index in [4.69, 9.17) is 0 Å². The highest BCUT2D eigenvalue weighted by molar-refractivity contribution is 6.16. The van der Waals surface area contributed by atoms with Gasteiger partial charge >= 0.3 is 0 Å². The maximum absolute atomic E-state index is 11.2. The Morgan fingerprint density at radius 3 is 2.50 bits per heavy atom. The van der Waals surface area contributed by atoms with Crippen molar-refractivity contribution in [1.82, 2.24) is 0 Å². The zero-order valence-corrected chi connectivity index (χ0v) is 14.0. The number of benzene rings is 3. The summed E-state index contributed by atoms with van der Waals surface area (Å²) < 4.78 is 0. The van der Waals surface area contributed by atoms with E-state index in [0.717, 1.165) is 44.5 Å². The first-order chi connectivity index (χ1) is 12.8. The topological polar surface area (TPSA) is 40.5 Å². The fraction of sp³-hybridized carbons (Fsp3) is 0.0833. The molecule has 3 aliphatic rings. The van der Waals surface area contributed by atoms with Gasteiger partial charge < -0.3 is 10.2 Å². The molecule has 0 bridgehead atoms. The van der Waals surface area contributed by atoms with Gasteiger partial charge in [0.15, 0.2) is 0 Å². The van der Waals surface area contributed by atoms with E-state index in [1.54, 1.807) is 6.08 Å². The molecule has 2 heteroatoms. The van der Waals surface area contributed by atoms with Gasteiger partial charge in [-0.3, -0.25) is 0 Å². The van der Waals surface area contributed by atoms with Crippen molar-refractivity contribution in [1.29, 1.82) is 0 Å². The van der Waals surface area contributed by atoms with E-state index in [1.165, 1.54) is 10.8 Å². The molecule has 0 amide bonds. The van der Waals surface area contributed by atoms with Crippen LogP contribution in [0.4, 0.5) is 0 Å². The minimum atomic E-state index is -0.722. The summed E-state index contributed by atoms with van der Waals surface area (Å²) in [7, 11) is 0. The van der Waals surface area contributed by atoms with Crippen LogP contribution in [0.3, 0.4) is 0 Å². The Balaban J connectivity index is 1.86. The van der Waals surface area contributed by atoms with E-state index in [2.05, 4.69) is 36.4 Å². The number of allylic oxidation sites excluding steroid dienone is 2. The maximum atomic E-state index is 11.2. The molecule has 2 unspecified atom stereocenters. The van der Waals surface area contributed by atoms with E-state index >= 15 is 0 Å². The van der Waals surface area contributed by atoms with Gasteiger partial charge in [0.25, 0.3) is 0 Å². The third-order valence-corrected chi connectivity index (χ3v) is 5.84. The molecule has 0 aromatic heterocycles. The van der Waals surface area contributed by atoms with Crippen molar-refractivity contribution in [2.75, 3.05) is 0 Å². The molecule has 2 nitrogen and oxygen atoms in total. The van der Waals surface area contributed by atoms with E-state index in [-0.39, 0.29) is 0 Å². The first-order valence-electron chi connectivity index (χ1n) is 8.90. The predicted molar refractivity (Wildman–Crippen MR) is 104 cm³/mol. The van der Waals surface area contributed by atoms with Crippen LogP contribution in [0.2, 0.25) is 0 Å². The van der Waals surface area contributed by atoms with E-state index < -0.39 is 12.2 Å². The molecule has 0 radical (unpaired) electrons. The van der Waals surface area contributed by atoms with Crippen molar-refractivity contribution in [2.45, 2.75) is 12.2 Å². The van der Waals surface area contributed by atoms with Gasteiger partial charge in [0, 0.05) is 5.57 Å². The average molecular weight is 336 g/mol. The minimum absolute atomic E-state index is 0.691. The highest BCUT2D eigenvalue weighted by atomic mass is 16.3. The second-order valence-corrected chi connectivity index (χ2v) is 7.12. The third kappa shape index (κ3) is 1.59. The lowest BCUT2D eigenvalue weighted by molar-refractivity contribution is 0.231. The van der Waals surface area contributed by atoms with Crippen molar-refractivity contribution in [3.8, 4) is 11.1 Å². The Labute approximate surface area is 151 Å². The molecule has 2 N–H and O–H groups in total. The largest absolute Gasteiger partial charge is 0.384 e. The van der Waals surface area contributed by atoms with E-state index in [9.17, 15) is 10.2 Å². The molecular formula is C24H16O2. The summed E-state index contributed by atoms with van der Waals surface area (Å²) in [6.07, 6.45) is 4.35. The summed E-state index contributed by atoms with van der Waals surface area (Å²) in [5.74, 6) is 0. The van der Waals surface area contributed by atoms with Crippen molar-refractivity contribution < 1.29 is 10.2 Å². The number of aliphatic hydroxyl groups excluding tert-OH is 2. The standard InChI is InChI=1S/C24H16O2/c25-19-11-5-10-17-20-14-7-2-1-6-13(14)12-18-15-8-3-4-9-16(15)24(26)23(21(17)19)22(18)20/h1-12,19,24-26H. The summed E-state index contributed by atoms with van der Waals surface area (Å²) in [5.41, 5.74) is 8.10. The van der Waals surface area contributed by atoms with Gasteiger partial charge in [-0.2, -0.15) is 0 Å². The molecular weight excluding hydrogens is 320 g/mol. The molecule has 0 aliphatic heterocycles. The van der Waals surface area contributed by atoms with Crippen LogP contribution in [0.1, 0.15) is 22.8 Å². The van der Waals surface area contributed by atoms with Crippen LogP contribution in [0.5, 0.6) is 0 Å². The lowest BCUT2D eigenvalue weighted by Gasteiger charge is -2.28. The van der Waals surface area contributed by atoms with Crippen molar-refractivity contribution >= 4 is 21.9 Å². The van der Waals surface area contributed by atoms with Gasteiger partial charge in [-0.05, 0) is 55.8 Å². The normalized spacial score (nSPS) is 22.2. The Kier molecular flexibility index (Phi) is 2.64. The smallest absolute Gasteiger partial charge is 0.106 e. The highest BCUT2D eigenvalue weighted by Gasteiger charge is 2.40. The first-order valence-corrected chi connectivity index (χ1v) is 8.90. The summed E-state index contributed by atoms with van der Waals surface area (Å²) in [4.78, 5) is 0. The van der Waals surface area contributed by atoms with Gasteiger partial charge in [0.2, 0.25) is 0 Å². The molecule has 0 fully saturated rings. The van der Waals surface area contributed by atoms with E-state index in [1.807, 2.05) is 30.3 Å². The zero-order chi connectivity index (χ0) is 17.4. The summed E-state index contributed by atoms with van der Waals surface area (Å²) in [5, 5.41) is 24.3. The molecule has 0 spiro atoms. The second-order valence-electron chi connectivity index (χ2n) is 7.12. The second kappa shape index (κ2) is 4.82. The maximum Gasteiger partial charge on any atom is 0.106 e. The molecule has 0 saturated carbocycles. The van der Waals surface area contributed by atoms with Gasteiger partial charge in [0.05, 0.1) is 6.10 Å². The number of hydrogen-bond acceptors (Lipinski definition) is 2. The number of fused-ring (bicyclic) bond motifs is 6. The van der Waals surface area contributed by atoms with E-state index in [0.29, 0.717) is 0 Å². The van der Waals surface area contributed by atoms with Crippen LogP contribution in [0, 0.1) is 0 Å². The Bertz CT molecular complexity index is 1210. The zero-order valence-electron chi connectivity index (χ0n) is 14.0. The molecule has 3 aromatic rings. The summed E-state index contributed by atoms with van der Waals surface area (Å²) >= 11 is 0. The summed E-state index contributed by atoms with van der Waals surface area (Å²) in [6.45, 7) is 0. The molecule has 0 saturated heterocycles. The number of hydrogen-bond donors (Lipinski definition) is 2. The SMILES string of the molecule is OC1C=CC=C2C1=C1c3c(cc4ccccc4c32)-c2ccccc2C1O. The lowest BCUT2D eigenvalue weighted by Crippen LogP contribution is -2.14. The fourth-order valence-corrected chi connectivity index (χ4v) is 4.80. The van der Waals surface area contributed by atoms with Gasteiger partial charge in [-0.25, -0.2) is 0 Å². The number of rotatable bonds is 0. The van der Waals surface area contributed by atoms with Crippen LogP contribution < -0.4 is 0 Å². The third-order valence-electron chi connectivity index (χ3n) is 5.84. The quantitative estimate of drug-likeness (QED) is 0.628. The van der Waals surface area contributed by atoms with Gasteiger partial charge in [-0.15, -0.1) is 0 Å². The average Bonchev–Trinajstić information content (AvgIpc) is 3.03.